The molecule has 1 amide bonds. The van der Waals surface area contributed by atoms with E-state index < -0.39 is 0 Å². The van der Waals surface area contributed by atoms with Crippen LogP contribution in [0, 0.1) is 0 Å². The normalized spacial score (nSPS) is 10.2. The lowest BCUT2D eigenvalue weighted by atomic mass is 10.5. The maximum absolute atomic E-state index is 9.79. The summed E-state index contributed by atoms with van der Waals surface area (Å²) in [5.74, 6) is 0. The molecule has 0 fully saturated rings. The molecule has 0 aliphatic carbocycles. The van der Waals surface area contributed by atoms with Gasteiger partial charge in [-0.1, -0.05) is 0 Å². The highest BCUT2D eigenvalue weighted by molar-refractivity contribution is 5.45. The van der Waals surface area contributed by atoms with Crippen molar-refractivity contribution in [3.63, 3.8) is 0 Å². The van der Waals surface area contributed by atoms with Crippen molar-refractivity contribution in [2.24, 2.45) is 0 Å². The fourth-order valence-corrected chi connectivity index (χ4v) is 0.635. The van der Waals surface area contributed by atoms with E-state index in [2.05, 4.69) is 5.32 Å². The zero-order valence-electron chi connectivity index (χ0n) is 7.71. The number of nitrogens with one attached hydrogen (secondary N) is 1. The number of carbonyl (C=O) groups excluding carboxylic acids is 1. The Kier molecular flexibility index (Phi) is 8.05. The first-order valence-electron chi connectivity index (χ1n) is 4.13. The highest BCUT2D eigenvalue weighted by atomic mass is 16.5. The summed E-state index contributed by atoms with van der Waals surface area (Å²) < 4.78 is 10.4. The van der Waals surface area contributed by atoms with Gasteiger partial charge in [0.1, 0.15) is 0 Å². The van der Waals surface area contributed by atoms with Crippen molar-refractivity contribution in [2.45, 2.75) is 20.0 Å². The van der Waals surface area contributed by atoms with Crippen LogP contribution in [0.4, 0.5) is 0 Å². The molecule has 0 rings (SSSR count). The second-order valence-electron chi connectivity index (χ2n) is 2.60. The highest BCUT2D eigenvalue weighted by Gasteiger charge is 1.92. The third-order valence-corrected chi connectivity index (χ3v) is 1.15. The van der Waals surface area contributed by atoms with E-state index in [9.17, 15) is 4.79 Å². The SMILES string of the molecule is CC(C)OCCOCCNC=O. The largest absolute Gasteiger partial charge is 0.377 e. The van der Waals surface area contributed by atoms with Crippen molar-refractivity contribution in [2.75, 3.05) is 26.4 Å². The van der Waals surface area contributed by atoms with E-state index in [4.69, 9.17) is 9.47 Å². The Bertz CT molecular complexity index is 106. The molecular weight excluding hydrogens is 158 g/mol. The van der Waals surface area contributed by atoms with Crippen molar-refractivity contribution in [3.05, 3.63) is 0 Å². The molecule has 0 heterocycles. The maximum Gasteiger partial charge on any atom is 0.207 e. The van der Waals surface area contributed by atoms with Gasteiger partial charge in [-0.2, -0.15) is 0 Å². The van der Waals surface area contributed by atoms with E-state index in [0.29, 0.717) is 32.8 Å². The molecule has 4 heteroatoms. The Hall–Kier alpha value is -0.610. The molecular formula is C8H17NO3. The summed E-state index contributed by atoms with van der Waals surface area (Å²) in [4.78, 5) is 9.79. The summed E-state index contributed by atoms with van der Waals surface area (Å²) in [6, 6.07) is 0. The van der Waals surface area contributed by atoms with Gasteiger partial charge in [0, 0.05) is 6.54 Å². The Morgan fingerprint density at radius 1 is 1.33 bits per heavy atom. The number of hydrogen-bond donors (Lipinski definition) is 1. The molecule has 0 aromatic carbocycles. The molecule has 4 nitrogen and oxygen atoms in total. The molecule has 0 aromatic rings. The summed E-state index contributed by atoms with van der Waals surface area (Å²) in [5, 5.41) is 2.50. The molecule has 0 spiro atoms. The summed E-state index contributed by atoms with van der Waals surface area (Å²) in [5.41, 5.74) is 0. The molecule has 0 bridgehead atoms. The lowest BCUT2D eigenvalue weighted by molar-refractivity contribution is -0.109. The van der Waals surface area contributed by atoms with E-state index in [1.807, 2.05) is 13.8 Å². The molecule has 0 aliphatic rings. The van der Waals surface area contributed by atoms with Gasteiger partial charge in [0.25, 0.3) is 0 Å². The van der Waals surface area contributed by atoms with Crippen LogP contribution in [0.15, 0.2) is 0 Å². The molecule has 0 saturated carbocycles. The minimum Gasteiger partial charge on any atom is -0.377 e. The first-order valence-corrected chi connectivity index (χ1v) is 4.13. The Labute approximate surface area is 73.2 Å². The smallest absolute Gasteiger partial charge is 0.207 e. The van der Waals surface area contributed by atoms with E-state index in [0.717, 1.165) is 0 Å². The minimum atomic E-state index is 0.252. The fraction of sp³-hybridized carbons (Fsp3) is 0.875. The van der Waals surface area contributed by atoms with Gasteiger partial charge >= 0.3 is 0 Å². The van der Waals surface area contributed by atoms with Gasteiger partial charge < -0.3 is 14.8 Å². The van der Waals surface area contributed by atoms with Crippen LogP contribution in [0.5, 0.6) is 0 Å². The van der Waals surface area contributed by atoms with Crippen LogP contribution in [0.25, 0.3) is 0 Å². The van der Waals surface area contributed by atoms with Crippen molar-refractivity contribution in [1.29, 1.82) is 0 Å². The number of amides is 1. The van der Waals surface area contributed by atoms with Crippen LogP contribution in [-0.2, 0) is 14.3 Å². The minimum absolute atomic E-state index is 0.252. The standard InChI is InChI=1S/C8H17NO3/c1-8(2)12-6-5-11-4-3-9-7-10/h7-8H,3-6H2,1-2H3,(H,9,10). The lowest BCUT2D eigenvalue weighted by Gasteiger charge is -2.07. The van der Waals surface area contributed by atoms with Crippen molar-refractivity contribution >= 4 is 6.41 Å². The van der Waals surface area contributed by atoms with Crippen LogP contribution in [-0.4, -0.2) is 38.9 Å². The Morgan fingerprint density at radius 2 is 2.08 bits per heavy atom. The molecule has 0 unspecified atom stereocenters. The van der Waals surface area contributed by atoms with Gasteiger partial charge in [0.15, 0.2) is 0 Å². The molecule has 0 atom stereocenters. The number of hydrogen-bond acceptors (Lipinski definition) is 3. The van der Waals surface area contributed by atoms with Crippen LogP contribution in [0.3, 0.4) is 0 Å². The highest BCUT2D eigenvalue weighted by Crippen LogP contribution is 1.86. The average Bonchev–Trinajstić information content (AvgIpc) is 2.02. The lowest BCUT2D eigenvalue weighted by Crippen LogP contribution is -2.19. The number of carbonyl (C=O) groups is 1. The summed E-state index contributed by atoms with van der Waals surface area (Å²) in [6.45, 7) is 6.25. The Morgan fingerprint density at radius 3 is 2.67 bits per heavy atom. The van der Waals surface area contributed by atoms with Crippen LogP contribution in [0.1, 0.15) is 13.8 Å². The molecule has 0 radical (unpaired) electrons. The fourth-order valence-electron chi connectivity index (χ4n) is 0.635. The van der Waals surface area contributed by atoms with Crippen LogP contribution >= 0.6 is 0 Å². The van der Waals surface area contributed by atoms with Crippen LogP contribution in [0.2, 0.25) is 0 Å². The van der Waals surface area contributed by atoms with E-state index >= 15 is 0 Å². The zero-order chi connectivity index (χ0) is 9.23. The average molecular weight is 175 g/mol. The van der Waals surface area contributed by atoms with E-state index in [-0.39, 0.29) is 6.10 Å². The van der Waals surface area contributed by atoms with Gasteiger partial charge in [-0.15, -0.1) is 0 Å². The molecule has 0 aromatic heterocycles. The molecule has 1 N–H and O–H groups in total. The molecule has 0 saturated heterocycles. The van der Waals surface area contributed by atoms with Crippen molar-refractivity contribution < 1.29 is 14.3 Å². The Balaban J connectivity index is 2.86. The summed E-state index contributed by atoms with van der Waals surface area (Å²) in [6.07, 6.45) is 0.912. The van der Waals surface area contributed by atoms with Gasteiger partial charge in [-0.3, -0.25) is 4.79 Å². The van der Waals surface area contributed by atoms with Gasteiger partial charge in [0.2, 0.25) is 6.41 Å². The van der Waals surface area contributed by atoms with E-state index in [1.54, 1.807) is 0 Å². The van der Waals surface area contributed by atoms with E-state index in [1.165, 1.54) is 0 Å². The first kappa shape index (κ1) is 11.4. The van der Waals surface area contributed by atoms with Crippen LogP contribution < -0.4 is 5.32 Å². The molecule has 0 aliphatic heterocycles. The summed E-state index contributed by atoms with van der Waals surface area (Å²) >= 11 is 0. The monoisotopic (exact) mass is 175 g/mol. The second-order valence-corrected chi connectivity index (χ2v) is 2.60. The van der Waals surface area contributed by atoms with Gasteiger partial charge in [-0.05, 0) is 13.8 Å². The zero-order valence-corrected chi connectivity index (χ0v) is 7.71. The topological polar surface area (TPSA) is 47.6 Å². The molecule has 72 valence electrons. The third-order valence-electron chi connectivity index (χ3n) is 1.15. The predicted octanol–water partition coefficient (Wildman–Crippen LogP) is 0.174. The number of ether oxygens (including phenoxy) is 2. The van der Waals surface area contributed by atoms with Crippen molar-refractivity contribution in [1.82, 2.24) is 5.32 Å². The second kappa shape index (κ2) is 8.49. The first-order chi connectivity index (χ1) is 5.77. The number of rotatable bonds is 8. The molecule has 12 heavy (non-hydrogen) atoms. The quantitative estimate of drug-likeness (QED) is 0.422. The maximum atomic E-state index is 9.79. The van der Waals surface area contributed by atoms with Gasteiger partial charge in [-0.25, -0.2) is 0 Å². The third kappa shape index (κ3) is 9.39. The predicted molar refractivity (Wildman–Crippen MR) is 46.0 cm³/mol. The summed E-state index contributed by atoms with van der Waals surface area (Å²) in [7, 11) is 0. The van der Waals surface area contributed by atoms with Gasteiger partial charge in [0.05, 0.1) is 25.9 Å². The van der Waals surface area contributed by atoms with Crippen molar-refractivity contribution in [3.8, 4) is 0 Å².